The van der Waals surface area contributed by atoms with Crippen molar-refractivity contribution >= 4 is 17.4 Å². The third-order valence-corrected chi connectivity index (χ3v) is 4.58. The van der Waals surface area contributed by atoms with Gasteiger partial charge >= 0.3 is 0 Å². The van der Waals surface area contributed by atoms with Crippen LogP contribution in [0.15, 0.2) is 18.2 Å². The first-order valence-corrected chi connectivity index (χ1v) is 9.00. The van der Waals surface area contributed by atoms with Crippen LogP contribution in [0.25, 0.3) is 0 Å². The largest absolute Gasteiger partial charge is 0.383 e. The first kappa shape index (κ1) is 18.3. The average Bonchev–Trinajstić information content (AvgIpc) is 2.49. The Balaban J connectivity index is 2.59. The van der Waals surface area contributed by atoms with Crippen molar-refractivity contribution in [3.05, 3.63) is 29.3 Å². The number of rotatable bonds is 10. The quantitative estimate of drug-likeness (QED) is 0.670. The second-order valence-corrected chi connectivity index (χ2v) is 6.51. The summed E-state index contributed by atoms with van der Waals surface area (Å²) in [6.07, 6.45) is 3.39. The Kier molecular flexibility index (Phi) is 8.81. The minimum Gasteiger partial charge on any atom is -0.383 e. The van der Waals surface area contributed by atoms with E-state index in [4.69, 9.17) is 4.74 Å². The van der Waals surface area contributed by atoms with E-state index in [1.165, 1.54) is 29.0 Å². The van der Waals surface area contributed by atoms with Crippen LogP contribution < -0.4 is 10.2 Å². The van der Waals surface area contributed by atoms with Gasteiger partial charge in [-0.15, -0.1) is 0 Å². The Morgan fingerprint density at radius 1 is 1.38 bits per heavy atom. The van der Waals surface area contributed by atoms with Gasteiger partial charge in [0.05, 0.1) is 6.61 Å². The Hall–Kier alpha value is -0.710. The van der Waals surface area contributed by atoms with Gasteiger partial charge in [0, 0.05) is 39.0 Å². The van der Waals surface area contributed by atoms with Crippen LogP contribution in [0.5, 0.6) is 0 Å². The average molecular weight is 311 g/mol. The summed E-state index contributed by atoms with van der Waals surface area (Å²) in [4.78, 5) is 2.38. The molecule has 0 aromatic heterocycles. The lowest BCUT2D eigenvalue weighted by Gasteiger charge is -2.27. The molecule has 0 bridgehead atoms. The highest BCUT2D eigenvalue weighted by molar-refractivity contribution is 7.98. The van der Waals surface area contributed by atoms with Gasteiger partial charge in [-0.3, -0.25) is 0 Å². The molecular formula is C17H30N2OS. The lowest BCUT2D eigenvalue weighted by molar-refractivity contribution is 0.199. The number of ether oxygens (including phenoxy) is 1. The van der Waals surface area contributed by atoms with Gasteiger partial charge in [-0.1, -0.05) is 6.07 Å². The van der Waals surface area contributed by atoms with E-state index in [1.54, 1.807) is 7.11 Å². The minimum absolute atomic E-state index is 0.572. The molecule has 3 nitrogen and oxygen atoms in total. The number of benzene rings is 1. The van der Waals surface area contributed by atoms with Gasteiger partial charge in [-0.2, -0.15) is 11.8 Å². The summed E-state index contributed by atoms with van der Waals surface area (Å²) in [6, 6.07) is 7.34. The number of nitrogens with zero attached hydrogens (tertiary/aromatic N) is 1. The molecule has 0 saturated carbocycles. The van der Waals surface area contributed by atoms with Crippen LogP contribution in [0, 0.1) is 6.92 Å². The molecule has 0 saturated heterocycles. The molecule has 1 unspecified atom stereocenters. The number of hydrogen-bond acceptors (Lipinski definition) is 4. The molecule has 0 amide bonds. The molecule has 4 heteroatoms. The standard InChI is InChI=1S/C17H30N2OS/c1-14-12-17(19(3)15(2)8-11-21-5)7-6-16(14)13-18-9-10-20-4/h6-7,12,15,18H,8-11,13H2,1-5H3. The molecule has 0 aliphatic rings. The van der Waals surface area contributed by atoms with Gasteiger partial charge in [0.2, 0.25) is 0 Å². The number of hydrogen-bond donors (Lipinski definition) is 1. The van der Waals surface area contributed by atoms with Crippen LogP contribution in [0.2, 0.25) is 0 Å². The van der Waals surface area contributed by atoms with Gasteiger partial charge < -0.3 is 15.0 Å². The fourth-order valence-electron chi connectivity index (χ4n) is 2.23. The van der Waals surface area contributed by atoms with Gasteiger partial charge in [0.15, 0.2) is 0 Å². The predicted molar refractivity (Wildman–Crippen MR) is 95.6 cm³/mol. The predicted octanol–water partition coefficient (Wildman–Crippen LogP) is 3.31. The summed E-state index contributed by atoms with van der Waals surface area (Å²) in [5.41, 5.74) is 4.02. The molecule has 0 aliphatic heterocycles. The topological polar surface area (TPSA) is 24.5 Å². The molecule has 21 heavy (non-hydrogen) atoms. The van der Waals surface area contributed by atoms with Crippen LogP contribution >= 0.6 is 11.8 Å². The number of nitrogens with one attached hydrogen (secondary N) is 1. The van der Waals surface area contributed by atoms with Crippen molar-refractivity contribution in [1.82, 2.24) is 5.32 Å². The Bertz CT molecular complexity index is 412. The first-order valence-electron chi connectivity index (χ1n) is 7.61. The van der Waals surface area contributed by atoms with Crippen LogP contribution in [-0.2, 0) is 11.3 Å². The second-order valence-electron chi connectivity index (χ2n) is 5.52. The molecule has 0 spiro atoms. The highest BCUT2D eigenvalue weighted by atomic mass is 32.2. The van der Waals surface area contributed by atoms with Crippen molar-refractivity contribution in [1.29, 1.82) is 0 Å². The second kappa shape index (κ2) is 10.1. The molecule has 0 heterocycles. The third-order valence-electron chi connectivity index (χ3n) is 3.93. The molecule has 1 N–H and O–H groups in total. The summed E-state index contributed by atoms with van der Waals surface area (Å²) in [7, 11) is 3.92. The minimum atomic E-state index is 0.572. The maximum Gasteiger partial charge on any atom is 0.0587 e. The highest BCUT2D eigenvalue weighted by Crippen LogP contribution is 2.21. The number of methoxy groups -OCH3 is 1. The summed E-state index contributed by atoms with van der Waals surface area (Å²) in [5.74, 6) is 1.21. The molecule has 1 aromatic carbocycles. The summed E-state index contributed by atoms with van der Waals surface area (Å²) in [5, 5.41) is 3.40. The monoisotopic (exact) mass is 310 g/mol. The van der Waals surface area contributed by atoms with E-state index in [1.807, 2.05) is 11.8 Å². The normalized spacial score (nSPS) is 12.4. The van der Waals surface area contributed by atoms with Crippen molar-refractivity contribution in [2.75, 3.05) is 44.2 Å². The Labute approximate surface area is 134 Å². The summed E-state index contributed by atoms with van der Waals surface area (Å²) < 4.78 is 5.05. The molecule has 0 fully saturated rings. The lowest BCUT2D eigenvalue weighted by Crippen LogP contribution is -2.29. The number of anilines is 1. The van der Waals surface area contributed by atoms with Gasteiger partial charge in [-0.25, -0.2) is 0 Å². The van der Waals surface area contributed by atoms with E-state index in [0.29, 0.717) is 6.04 Å². The van der Waals surface area contributed by atoms with Crippen molar-refractivity contribution in [3.8, 4) is 0 Å². The van der Waals surface area contributed by atoms with Crippen LogP contribution in [0.3, 0.4) is 0 Å². The van der Waals surface area contributed by atoms with Crippen molar-refractivity contribution in [3.63, 3.8) is 0 Å². The van der Waals surface area contributed by atoms with Gasteiger partial charge in [0.25, 0.3) is 0 Å². The van der Waals surface area contributed by atoms with Gasteiger partial charge in [-0.05, 0) is 55.5 Å². The van der Waals surface area contributed by atoms with Crippen LogP contribution in [-0.4, -0.2) is 45.4 Å². The summed E-state index contributed by atoms with van der Waals surface area (Å²) >= 11 is 1.92. The van der Waals surface area contributed by atoms with Crippen LogP contribution in [0.4, 0.5) is 5.69 Å². The zero-order valence-corrected chi connectivity index (χ0v) is 14.9. The summed E-state index contributed by atoms with van der Waals surface area (Å²) in [6.45, 7) is 7.04. The van der Waals surface area contributed by atoms with E-state index in [0.717, 1.165) is 19.7 Å². The Morgan fingerprint density at radius 2 is 2.14 bits per heavy atom. The molecule has 1 rings (SSSR count). The van der Waals surface area contributed by atoms with E-state index in [2.05, 4.69) is 55.6 Å². The van der Waals surface area contributed by atoms with Crippen molar-refractivity contribution in [2.45, 2.75) is 32.9 Å². The molecule has 120 valence electrons. The molecule has 0 radical (unpaired) electrons. The Morgan fingerprint density at radius 3 is 2.76 bits per heavy atom. The third kappa shape index (κ3) is 6.29. The maximum atomic E-state index is 5.05. The maximum absolute atomic E-state index is 5.05. The van der Waals surface area contributed by atoms with Crippen molar-refractivity contribution in [2.24, 2.45) is 0 Å². The van der Waals surface area contributed by atoms with E-state index in [-0.39, 0.29) is 0 Å². The molecule has 1 aromatic rings. The molecular weight excluding hydrogens is 280 g/mol. The highest BCUT2D eigenvalue weighted by Gasteiger charge is 2.10. The molecule has 0 aliphatic carbocycles. The number of thioether (sulfide) groups is 1. The van der Waals surface area contributed by atoms with E-state index in [9.17, 15) is 0 Å². The van der Waals surface area contributed by atoms with Crippen molar-refractivity contribution < 1.29 is 4.74 Å². The lowest BCUT2D eigenvalue weighted by atomic mass is 10.1. The molecule has 1 atom stereocenters. The van der Waals surface area contributed by atoms with E-state index < -0.39 is 0 Å². The fraction of sp³-hybridized carbons (Fsp3) is 0.647. The fourth-order valence-corrected chi connectivity index (χ4v) is 2.81. The SMILES string of the molecule is COCCNCc1ccc(N(C)C(C)CCSC)cc1C. The van der Waals surface area contributed by atoms with Gasteiger partial charge in [0.1, 0.15) is 0 Å². The first-order chi connectivity index (χ1) is 10.1. The number of aryl methyl sites for hydroxylation is 1. The zero-order chi connectivity index (χ0) is 15.7. The van der Waals surface area contributed by atoms with Crippen LogP contribution in [0.1, 0.15) is 24.5 Å². The zero-order valence-electron chi connectivity index (χ0n) is 14.1. The smallest absolute Gasteiger partial charge is 0.0587 e. The van der Waals surface area contributed by atoms with E-state index >= 15 is 0 Å².